The van der Waals surface area contributed by atoms with Crippen molar-refractivity contribution >= 4 is 22.7 Å². The van der Waals surface area contributed by atoms with Crippen molar-refractivity contribution in [2.24, 2.45) is 0 Å². The number of hydrogen-bond donors (Lipinski definition) is 0. The molecule has 0 radical (unpaired) electrons. The van der Waals surface area contributed by atoms with Crippen LogP contribution in [0, 0.1) is 6.92 Å². The van der Waals surface area contributed by atoms with Gasteiger partial charge in [-0.15, -0.1) is 0 Å². The largest absolute Gasteiger partial charge is 0.521 e. The molecule has 0 amide bonds. The molecule has 0 fully saturated rings. The molecule has 1 rings (SSSR count). The highest BCUT2D eigenvalue weighted by atomic mass is 28.4. The monoisotopic (exact) mass is 294 g/mol. The predicted octanol–water partition coefficient (Wildman–Crippen LogP) is 5.00. The Kier molecular flexibility index (Phi) is 5.04. The van der Waals surface area contributed by atoms with Crippen LogP contribution >= 0.6 is 0 Å². The van der Waals surface area contributed by atoms with Gasteiger partial charge in [0.05, 0.1) is 0 Å². The minimum atomic E-state index is -1.66. The van der Waals surface area contributed by atoms with Crippen molar-refractivity contribution in [2.75, 3.05) is 0 Å². The van der Waals surface area contributed by atoms with Crippen molar-refractivity contribution in [3.05, 3.63) is 41.3 Å². The fourth-order valence-corrected chi connectivity index (χ4v) is 2.97. The van der Waals surface area contributed by atoms with Crippen LogP contribution in [-0.2, 0) is 8.85 Å². The zero-order valence-electron chi connectivity index (χ0n) is 13.2. The summed E-state index contributed by atoms with van der Waals surface area (Å²) in [5.41, 5.74) is 2.38. The summed E-state index contributed by atoms with van der Waals surface area (Å²) >= 11 is 0. The molecular formula is C15H26O2Si2. The van der Waals surface area contributed by atoms with E-state index >= 15 is 0 Å². The Morgan fingerprint density at radius 2 is 1.26 bits per heavy atom. The van der Waals surface area contributed by atoms with E-state index in [0.29, 0.717) is 5.95 Å². The van der Waals surface area contributed by atoms with E-state index in [2.05, 4.69) is 70.5 Å². The number of rotatable bonds is 5. The van der Waals surface area contributed by atoms with Crippen LogP contribution in [0.4, 0.5) is 0 Å². The summed E-state index contributed by atoms with van der Waals surface area (Å²) < 4.78 is 12.1. The lowest BCUT2D eigenvalue weighted by atomic mass is 10.1. The van der Waals surface area contributed by atoms with Gasteiger partial charge in [0, 0.05) is 6.08 Å². The average molecular weight is 295 g/mol. The van der Waals surface area contributed by atoms with Crippen LogP contribution in [0.3, 0.4) is 0 Å². The molecule has 0 aliphatic heterocycles. The standard InChI is InChI=1S/C15H26O2Si2/c1-13-8-10-14(11-9-13)12-15(16-18(2,3)4)17-19(5,6)7/h8-12H,1-7H3. The summed E-state index contributed by atoms with van der Waals surface area (Å²) in [7, 11) is -3.31. The maximum absolute atomic E-state index is 6.06. The Hall–Kier alpha value is -1.01. The Morgan fingerprint density at radius 3 is 1.63 bits per heavy atom. The molecule has 0 aromatic heterocycles. The molecule has 0 saturated heterocycles. The van der Waals surface area contributed by atoms with E-state index in [1.165, 1.54) is 5.56 Å². The summed E-state index contributed by atoms with van der Waals surface area (Å²) in [5, 5.41) is 0. The van der Waals surface area contributed by atoms with Crippen molar-refractivity contribution in [3.63, 3.8) is 0 Å². The number of aryl methyl sites for hydroxylation is 1. The first-order chi connectivity index (χ1) is 8.55. The molecule has 2 nitrogen and oxygen atoms in total. The highest BCUT2D eigenvalue weighted by Gasteiger charge is 2.23. The SMILES string of the molecule is Cc1ccc(C=C(O[Si](C)(C)C)O[Si](C)(C)C)cc1. The van der Waals surface area contributed by atoms with Gasteiger partial charge in [-0.25, -0.2) is 0 Å². The molecule has 106 valence electrons. The van der Waals surface area contributed by atoms with Gasteiger partial charge in [-0.05, 0) is 51.8 Å². The topological polar surface area (TPSA) is 18.5 Å². The van der Waals surface area contributed by atoms with E-state index in [1.54, 1.807) is 0 Å². The third-order valence-corrected chi connectivity index (χ3v) is 3.80. The van der Waals surface area contributed by atoms with Gasteiger partial charge in [0.2, 0.25) is 16.6 Å². The molecule has 0 N–H and O–H groups in total. The Balaban J connectivity index is 2.98. The van der Waals surface area contributed by atoms with Gasteiger partial charge in [-0.1, -0.05) is 29.8 Å². The van der Waals surface area contributed by atoms with Crippen LogP contribution < -0.4 is 0 Å². The summed E-state index contributed by atoms with van der Waals surface area (Å²) in [4.78, 5) is 0. The third-order valence-electron chi connectivity index (χ3n) is 2.18. The lowest BCUT2D eigenvalue weighted by molar-refractivity contribution is 0.222. The van der Waals surface area contributed by atoms with Gasteiger partial charge in [0.1, 0.15) is 0 Å². The van der Waals surface area contributed by atoms with Crippen LogP contribution in [-0.4, -0.2) is 16.6 Å². The quantitative estimate of drug-likeness (QED) is 0.562. The van der Waals surface area contributed by atoms with E-state index in [0.717, 1.165) is 5.56 Å². The normalized spacial score (nSPS) is 11.9. The van der Waals surface area contributed by atoms with Gasteiger partial charge in [0.25, 0.3) is 5.95 Å². The van der Waals surface area contributed by atoms with Crippen molar-refractivity contribution in [2.45, 2.75) is 46.2 Å². The second-order valence-electron chi connectivity index (χ2n) is 6.80. The van der Waals surface area contributed by atoms with E-state index in [4.69, 9.17) is 8.85 Å². The minimum absolute atomic E-state index is 0.683. The highest BCUT2D eigenvalue weighted by Crippen LogP contribution is 2.20. The minimum Gasteiger partial charge on any atom is -0.521 e. The molecule has 0 aliphatic carbocycles. The highest BCUT2D eigenvalue weighted by molar-refractivity contribution is 6.71. The first-order valence-electron chi connectivity index (χ1n) is 6.72. The zero-order valence-corrected chi connectivity index (χ0v) is 15.2. The molecule has 0 saturated carbocycles. The first kappa shape index (κ1) is 16.0. The Labute approximate surface area is 119 Å². The number of hydrogen-bond acceptors (Lipinski definition) is 2. The van der Waals surface area contributed by atoms with Crippen molar-refractivity contribution in [1.29, 1.82) is 0 Å². The van der Waals surface area contributed by atoms with E-state index in [-0.39, 0.29) is 0 Å². The summed E-state index contributed by atoms with van der Waals surface area (Å²) in [6.45, 7) is 15.1. The summed E-state index contributed by atoms with van der Waals surface area (Å²) in [6, 6.07) is 8.39. The van der Waals surface area contributed by atoms with Gasteiger partial charge in [-0.2, -0.15) is 0 Å². The smallest absolute Gasteiger partial charge is 0.251 e. The molecule has 0 bridgehead atoms. The molecule has 1 aromatic rings. The molecule has 0 spiro atoms. The molecule has 0 aliphatic rings. The fraction of sp³-hybridized carbons (Fsp3) is 0.467. The van der Waals surface area contributed by atoms with E-state index in [9.17, 15) is 0 Å². The number of benzene rings is 1. The van der Waals surface area contributed by atoms with Gasteiger partial charge in [0.15, 0.2) is 0 Å². The predicted molar refractivity (Wildman–Crippen MR) is 88.0 cm³/mol. The maximum atomic E-state index is 6.06. The van der Waals surface area contributed by atoms with Crippen LogP contribution in [0.25, 0.3) is 6.08 Å². The summed E-state index contributed by atoms with van der Waals surface area (Å²) in [6.07, 6.45) is 2.01. The fourth-order valence-electron chi connectivity index (χ4n) is 1.48. The maximum Gasteiger partial charge on any atom is 0.251 e. The molecular weight excluding hydrogens is 268 g/mol. The van der Waals surface area contributed by atoms with Gasteiger partial charge >= 0.3 is 0 Å². The van der Waals surface area contributed by atoms with Crippen molar-refractivity contribution in [1.82, 2.24) is 0 Å². The second-order valence-corrected chi connectivity index (χ2v) is 15.7. The summed E-state index contributed by atoms with van der Waals surface area (Å²) in [5.74, 6) is 0.683. The lowest BCUT2D eigenvalue weighted by Gasteiger charge is -2.27. The molecule has 19 heavy (non-hydrogen) atoms. The van der Waals surface area contributed by atoms with Crippen LogP contribution in [0.15, 0.2) is 30.2 Å². The molecule has 0 atom stereocenters. The first-order valence-corrected chi connectivity index (χ1v) is 13.5. The van der Waals surface area contributed by atoms with Crippen molar-refractivity contribution in [3.8, 4) is 0 Å². The van der Waals surface area contributed by atoms with Crippen molar-refractivity contribution < 1.29 is 8.85 Å². The average Bonchev–Trinajstić information content (AvgIpc) is 2.16. The van der Waals surface area contributed by atoms with Gasteiger partial charge < -0.3 is 8.85 Å². The lowest BCUT2D eigenvalue weighted by Crippen LogP contribution is -2.31. The van der Waals surface area contributed by atoms with Crippen LogP contribution in [0.5, 0.6) is 0 Å². The van der Waals surface area contributed by atoms with E-state index < -0.39 is 16.6 Å². The van der Waals surface area contributed by atoms with Crippen LogP contribution in [0.2, 0.25) is 39.3 Å². The molecule has 0 heterocycles. The Morgan fingerprint density at radius 1 is 0.842 bits per heavy atom. The second kappa shape index (κ2) is 5.97. The van der Waals surface area contributed by atoms with Gasteiger partial charge in [-0.3, -0.25) is 0 Å². The third kappa shape index (κ3) is 7.23. The molecule has 0 unspecified atom stereocenters. The molecule has 1 aromatic carbocycles. The Bertz CT molecular complexity index is 419. The van der Waals surface area contributed by atoms with Crippen LogP contribution in [0.1, 0.15) is 11.1 Å². The van der Waals surface area contributed by atoms with E-state index in [1.807, 2.05) is 6.08 Å². The molecule has 4 heteroatoms. The zero-order chi connectivity index (χ0) is 14.7.